The highest BCUT2D eigenvalue weighted by Gasteiger charge is 2.33. The topological polar surface area (TPSA) is 99.2 Å². The van der Waals surface area contributed by atoms with E-state index in [0.717, 1.165) is 0 Å². The molecule has 0 N–H and O–H groups in total. The largest absolute Gasteiger partial charge is 0.486 e. The number of carbonyl (C=O) groups excluding carboxylic acids is 2. The van der Waals surface area contributed by atoms with Gasteiger partial charge in [-0.2, -0.15) is 4.31 Å². The Morgan fingerprint density at radius 3 is 2.34 bits per heavy atom. The number of carbonyl (C=O) groups is 2. The zero-order valence-corrected chi connectivity index (χ0v) is 18.7. The van der Waals surface area contributed by atoms with Crippen molar-refractivity contribution in [3.05, 3.63) is 53.1 Å². The van der Waals surface area contributed by atoms with Gasteiger partial charge in [0.2, 0.25) is 10.0 Å². The zero-order valence-electron chi connectivity index (χ0n) is 17.2. The summed E-state index contributed by atoms with van der Waals surface area (Å²) in [5.74, 6) is -0.245. The molecule has 0 radical (unpaired) electrons. The third-order valence-corrected chi connectivity index (χ3v) is 7.61. The van der Waals surface area contributed by atoms with Gasteiger partial charge in [0, 0.05) is 23.7 Å². The molecule has 2 heterocycles. The van der Waals surface area contributed by atoms with Gasteiger partial charge in [-0.3, -0.25) is 9.59 Å². The number of halogens is 1. The maximum absolute atomic E-state index is 12.8. The standard InChI is InChI=1S/C22H22ClNO7S/c23-17-2-4-18(5-3-17)32(27,28)24-9-7-15(8-10-24)22(26)31-14-19(25)16-1-6-20-21(13-16)30-12-11-29-20/h1-6,13,15H,7-12,14H2. The van der Waals surface area contributed by atoms with Crippen molar-refractivity contribution in [1.29, 1.82) is 0 Å². The van der Waals surface area contributed by atoms with Crippen LogP contribution in [0.25, 0.3) is 0 Å². The average molecular weight is 480 g/mol. The van der Waals surface area contributed by atoms with Crippen LogP contribution in [0, 0.1) is 5.92 Å². The van der Waals surface area contributed by atoms with Gasteiger partial charge in [-0.15, -0.1) is 0 Å². The van der Waals surface area contributed by atoms with Crippen molar-refractivity contribution < 1.29 is 32.2 Å². The summed E-state index contributed by atoms with van der Waals surface area (Å²) in [7, 11) is -3.65. The molecule has 0 spiro atoms. The third kappa shape index (κ3) is 4.90. The van der Waals surface area contributed by atoms with Crippen LogP contribution < -0.4 is 9.47 Å². The number of nitrogens with zero attached hydrogens (tertiary/aromatic N) is 1. The van der Waals surface area contributed by atoms with E-state index in [1.165, 1.54) is 28.6 Å². The van der Waals surface area contributed by atoms with E-state index < -0.39 is 21.9 Å². The molecule has 1 fully saturated rings. The first-order valence-electron chi connectivity index (χ1n) is 10.2. The van der Waals surface area contributed by atoms with Crippen molar-refractivity contribution in [2.75, 3.05) is 32.9 Å². The van der Waals surface area contributed by atoms with Gasteiger partial charge in [-0.1, -0.05) is 11.6 Å². The van der Waals surface area contributed by atoms with Gasteiger partial charge in [-0.25, -0.2) is 8.42 Å². The summed E-state index contributed by atoms with van der Waals surface area (Å²) in [6.07, 6.45) is 0.647. The lowest BCUT2D eigenvalue weighted by Gasteiger charge is -2.30. The van der Waals surface area contributed by atoms with Gasteiger partial charge in [0.05, 0.1) is 10.8 Å². The maximum Gasteiger partial charge on any atom is 0.309 e. The molecule has 2 aliphatic heterocycles. The van der Waals surface area contributed by atoms with Crippen LogP contribution in [-0.2, 0) is 19.6 Å². The molecular formula is C22H22ClNO7S. The van der Waals surface area contributed by atoms with Crippen LogP contribution in [0.3, 0.4) is 0 Å². The number of hydrogen-bond donors (Lipinski definition) is 0. The van der Waals surface area contributed by atoms with E-state index >= 15 is 0 Å². The van der Waals surface area contributed by atoms with Gasteiger partial charge < -0.3 is 14.2 Å². The smallest absolute Gasteiger partial charge is 0.309 e. The Hall–Kier alpha value is -2.62. The van der Waals surface area contributed by atoms with Crippen molar-refractivity contribution in [2.45, 2.75) is 17.7 Å². The number of hydrogen-bond acceptors (Lipinski definition) is 7. The minimum atomic E-state index is -3.65. The molecule has 0 saturated carbocycles. The van der Waals surface area contributed by atoms with E-state index in [4.69, 9.17) is 25.8 Å². The number of benzene rings is 2. The number of Topliss-reactive ketones (excluding diaryl/α,β-unsaturated/α-hetero) is 1. The number of rotatable bonds is 6. The first kappa shape index (κ1) is 22.6. The van der Waals surface area contributed by atoms with E-state index in [1.807, 2.05) is 0 Å². The summed E-state index contributed by atoms with van der Waals surface area (Å²) in [6, 6.07) is 10.8. The monoisotopic (exact) mass is 479 g/mol. The predicted molar refractivity (Wildman–Crippen MR) is 116 cm³/mol. The molecule has 1 saturated heterocycles. The van der Waals surface area contributed by atoms with Crippen LogP contribution in [-0.4, -0.2) is 57.4 Å². The summed E-state index contributed by atoms with van der Waals surface area (Å²) >= 11 is 5.83. The SMILES string of the molecule is O=C(COC(=O)C1CCN(S(=O)(=O)c2ccc(Cl)cc2)CC1)c1ccc2c(c1)OCCO2. The molecule has 0 amide bonds. The van der Waals surface area contributed by atoms with Gasteiger partial charge in [0.15, 0.2) is 23.9 Å². The number of fused-ring (bicyclic) bond motifs is 1. The summed E-state index contributed by atoms with van der Waals surface area (Å²) < 4.78 is 43.0. The Morgan fingerprint density at radius 1 is 1.00 bits per heavy atom. The van der Waals surface area contributed by atoms with Gasteiger partial charge in [0.1, 0.15) is 13.2 Å². The fourth-order valence-electron chi connectivity index (χ4n) is 3.64. The zero-order chi connectivity index (χ0) is 22.7. The Labute approximate surface area is 191 Å². The average Bonchev–Trinajstić information content (AvgIpc) is 2.82. The van der Waals surface area contributed by atoms with Gasteiger partial charge >= 0.3 is 5.97 Å². The molecule has 8 nitrogen and oxygen atoms in total. The molecule has 2 aromatic rings. The lowest BCUT2D eigenvalue weighted by molar-refractivity contribution is -0.148. The highest BCUT2D eigenvalue weighted by Crippen LogP contribution is 2.31. The minimum Gasteiger partial charge on any atom is -0.486 e. The lowest BCUT2D eigenvalue weighted by atomic mass is 9.98. The Morgan fingerprint density at radius 2 is 1.66 bits per heavy atom. The van der Waals surface area contributed by atoms with Crippen LogP contribution in [0.1, 0.15) is 23.2 Å². The first-order valence-corrected chi connectivity index (χ1v) is 12.0. The highest BCUT2D eigenvalue weighted by atomic mass is 35.5. The molecule has 0 unspecified atom stereocenters. The molecule has 0 aromatic heterocycles. The fourth-order valence-corrected chi connectivity index (χ4v) is 5.24. The second kappa shape index (κ2) is 9.48. The predicted octanol–water partition coefficient (Wildman–Crippen LogP) is 2.94. The summed E-state index contributed by atoms with van der Waals surface area (Å²) in [6.45, 7) is 0.868. The summed E-state index contributed by atoms with van der Waals surface area (Å²) in [4.78, 5) is 25.0. The van der Waals surface area contributed by atoms with Crippen molar-refractivity contribution in [2.24, 2.45) is 5.92 Å². The van der Waals surface area contributed by atoms with Crippen LogP contribution in [0.15, 0.2) is 47.4 Å². The molecule has 0 aliphatic carbocycles. The van der Waals surface area contributed by atoms with E-state index in [1.54, 1.807) is 18.2 Å². The summed E-state index contributed by atoms with van der Waals surface area (Å²) in [5.41, 5.74) is 0.367. The van der Waals surface area contributed by atoms with Crippen LogP contribution in [0.2, 0.25) is 5.02 Å². The molecule has 2 aliphatic rings. The number of esters is 1. The van der Waals surface area contributed by atoms with E-state index in [9.17, 15) is 18.0 Å². The van der Waals surface area contributed by atoms with Crippen molar-refractivity contribution >= 4 is 33.4 Å². The van der Waals surface area contributed by atoms with Crippen LogP contribution in [0.5, 0.6) is 11.5 Å². The van der Waals surface area contributed by atoms with E-state index in [-0.39, 0.29) is 30.4 Å². The number of ether oxygens (including phenoxy) is 3. The maximum atomic E-state index is 12.8. The lowest BCUT2D eigenvalue weighted by Crippen LogP contribution is -2.40. The van der Waals surface area contributed by atoms with Gasteiger partial charge in [-0.05, 0) is 55.3 Å². The quantitative estimate of drug-likeness (QED) is 0.464. The van der Waals surface area contributed by atoms with Crippen LogP contribution in [0.4, 0.5) is 0 Å². The second-order valence-corrected chi connectivity index (χ2v) is 9.90. The van der Waals surface area contributed by atoms with Gasteiger partial charge in [0.25, 0.3) is 0 Å². The Kier molecular flexibility index (Phi) is 6.68. The second-order valence-electron chi connectivity index (χ2n) is 7.52. The van der Waals surface area contributed by atoms with Crippen molar-refractivity contribution in [1.82, 2.24) is 4.31 Å². The Bertz CT molecular complexity index is 1110. The third-order valence-electron chi connectivity index (χ3n) is 5.45. The molecule has 10 heteroatoms. The highest BCUT2D eigenvalue weighted by molar-refractivity contribution is 7.89. The molecule has 170 valence electrons. The van der Waals surface area contributed by atoms with Crippen molar-refractivity contribution in [3.8, 4) is 11.5 Å². The molecule has 0 bridgehead atoms. The normalized spacial score (nSPS) is 17.0. The van der Waals surface area contributed by atoms with Crippen LogP contribution >= 0.6 is 11.6 Å². The molecule has 32 heavy (non-hydrogen) atoms. The van der Waals surface area contributed by atoms with Crippen molar-refractivity contribution in [3.63, 3.8) is 0 Å². The first-order chi connectivity index (χ1) is 15.3. The fraction of sp³-hybridized carbons (Fsp3) is 0.364. The molecular weight excluding hydrogens is 458 g/mol. The molecule has 2 aromatic carbocycles. The molecule has 4 rings (SSSR count). The number of piperidine rings is 1. The number of sulfonamides is 1. The number of ketones is 1. The van der Waals surface area contributed by atoms with E-state index in [0.29, 0.717) is 48.1 Å². The summed E-state index contributed by atoms with van der Waals surface area (Å²) in [5, 5.41) is 0.455. The minimum absolute atomic E-state index is 0.160. The van der Waals surface area contributed by atoms with E-state index in [2.05, 4.69) is 0 Å². The Balaban J connectivity index is 1.29. The molecule has 0 atom stereocenters.